The summed E-state index contributed by atoms with van der Waals surface area (Å²) in [5, 5.41) is 12.0. The van der Waals surface area contributed by atoms with Crippen molar-refractivity contribution in [3.63, 3.8) is 0 Å². The van der Waals surface area contributed by atoms with E-state index < -0.39 is 0 Å². The first-order valence-corrected chi connectivity index (χ1v) is 6.33. The van der Waals surface area contributed by atoms with Gasteiger partial charge in [0.25, 0.3) is 0 Å². The fourth-order valence-corrected chi connectivity index (χ4v) is 2.05. The minimum atomic E-state index is -0.205. The van der Waals surface area contributed by atoms with Gasteiger partial charge in [-0.1, -0.05) is 0 Å². The van der Waals surface area contributed by atoms with Gasteiger partial charge in [0.15, 0.2) is 5.69 Å². The number of pyridine rings is 1. The Morgan fingerprint density at radius 3 is 2.79 bits per heavy atom. The molecule has 1 aromatic heterocycles. The molecule has 1 aliphatic heterocycles. The molecule has 5 nitrogen and oxygen atoms in total. The second-order valence-corrected chi connectivity index (χ2v) is 5.82. The normalized spacial score (nSPS) is 15.6. The van der Waals surface area contributed by atoms with Crippen LogP contribution in [-0.2, 0) is 4.79 Å². The Hall–Kier alpha value is -2.09. The van der Waals surface area contributed by atoms with Crippen molar-refractivity contribution in [3.8, 4) is 6.07 Å². The zero-order valence-electron chi connectivity index (χ0n) is 11.5. The molecule has 1 aromatic rings. The number of anilines is 1. The fraction of sp³-hybridized carbons (Fsp3) is 0.500. The summed E-state index contributed by atoms with van der Waals surface area (Å²) in [6.45, 7) is 7.19. The van der Waals surface area contributed by atoms with E-state index >= 15 is 0 Å². The number of nitrogens with one attached hydrogen (secondary N) is 1. The van der Waals surface area contributed by atoms with Crippen molar-refractivity contribution in [2.24, 2.45) is 5.92 Å². The van der Waals surface area contributed by atoms with Crippen LogP contribution in [0.5, 0.6) is 0 Å². The van der Waals surface area contributed by atoms with Crippen LogP contribution in [0.4, 0.5) is 5.69 Å². The third-order valence-corrected chi connectivity index (χ3v) is 2.98. The van der Waals surface area contributed by atoms with Gasteiger partial charge in [-0.3, -0.25) is 4.79 Å². The maximum atomic E-state index is 12.0. The molecular formula is C14H18N4O. The van der Waals surface area contributed by atoms with Gasteiger partial charge < -0.3 is 10.2 Å². The van der Waals surface area contributed by atoms with Gasteiger partial charge in [-0.25, -0.2) is 4.98 Å². The van der Waals surface area contributed by atoms with Crippen LogP contribution in [0.2, 0.25) is 0 Å². The highest BCUT2D eigenvalue weighted by Gasteiger charge is 2.35. The zero-order valence-corrected chi connectivity index (χ0v) is 11.5. The minimum absolute atomic E-state index is 0.00836. The maximum Gasteiger partial charge on any atom is 0.227 e. The number of rotatable bonds is 2. The van der Waals surface area contributed by atoms with Gasteiger partial charge >= 0.3 is 0 Å². The van der Waals surface area contributed by atoms with Crippen molar-refractivity contribution in [3.05, 3.63) is 24.0 Å². The van der Waals surface area contributed by atoms with Crippen LogP contribution in [0.3, 0.4) is 0 Å². The molecule has 1 aliphatic rings. The summed E-state index contributed by atoms with van der Waals surface area (Å²) < 4.78 is 0. The number of carbonyl (C=O) groups excluding carboxylic acids is 1. The van der Waals surface area contributed by atoms with Gasteiger partial charge in [-0.2, -0.15) is 5.26 Å². The molecule has 2 heterocycles. The van der Waals surface area contributed by atoms with Gasteiger partial charge in [0.05, 0.1) is 11.6 Å². The standard InChI is InChI=1S/C14H18N4O/c1-14(2,3)17-13(19)10-8-18(9-10)12-5-4-6-16-11(12)7-15/h4-6,10H,8-9H2,1-3H3,(H,17,19). The van der Waals surface area contributed by atoms with Gasteiger partial charge in [0.2, 0.25) is 5.91 Å². The predicted octanol–water partition coefficient (Wildman–Crippen LogP) is 1.30. The average Bonchev–Trinajstić information content (AvgIpc) is 2.25. The van der Waals surface area contributed by atoms with Crippen molar-refractivity contribution in [1.82, 2.24) is 10.3 Å². The van der Waals surface area contributed by atoms with Gasteiger partial charge in [-0.15, -0.1) is 0 Å². The molecule has 5 heteroatoms. The number of aromatic nitrogens is 1. The van der Waals surface area contributed by atoms with E-state index in [9.17, 15) is 4.79 Å². The summed E-state index contributed by atoms with van der Waals surface area (Å²) in [6.07, 6.45) is 1.60. The van der Waals surface area contributed by atoms with Crippen LogP contribution in [-0.4, -0.2) is 29.5 Å². The molecule has 19 heavy (non-hydrogen) atoms. The van der Waals surface area contributed by atoms with E-state index in [0.717, 1.165) is 5.69 Å². The Labute approximate surface area is 113 Å². The van der Waals surface area contributed by atoms with E-state index in [1.165, 1.54) is 0 Å². The first kappa shape index (κ1) is 13.3. The lowest BCUT2D eigenvalue weighted by Crippen LogP contribution is -2.56. The topological polar surface area (TPSA) is 69.0 Å². The monoisotopic (exact) mass is 258 g/mol. The van der Waals surface area contributed by atoms with E-state index in [1.807, 2.05) is 31.7 Å². The van der Waals surface area contributed by atoms with Crippen molar-refractivity contribution >= 4 is 11.6 Å². The number of nitrogens with zero attached hydrogens (tertiary/aromatic N) is 3. The highest BCUT2D eigenvalue weighted by Crippen LogP contribution is 2.26. The number of amides is 1. The quantitative estimate of drug-likeness (QED) is 0.868. The van der Waals surface area contributed by atoms with Crippen LogP contribution in [0, 0.1) is 17.2 Å². The van der Waals surface area contributed by atoms with Crippen molar-refractivity contribution in [2.75, 3.05) is 18.0 Å². The predicted molar refractivity (Wildman–Crippen MR) is 72.6 cm³/mol. The van der Waals surface area contributed by atoms with Crippen LogP contribution < -0.4 is 10.2 Å². The fourth-order valence-electron chi connectivity index (χ4n) is 2.05. The number of carbonyl (C=O) groups is 1. The highest BCUT2D eigenvalue weighted by molar-refractivity contribution is 5.82. The van der Waals surface area contributed by atoms with E-state index in [1.54, 1.807) is 12.3 Å². The Balaban J connectivity index is 1.97. The Morgan fingerprint density at radius 2 is 2.21 bits per heavy atom. The SMILES string of the molecule is CC(C)(C)NC(=O)C1CN(c2cccnc2C#N)C1. The third-order valence-electron chi connectivity index (χ3n) is 2.98. The summed E-state index contributed by atoms with van der Waals surface area (Å²) in [5.74, 6) is 0.0668. The minimum Gasteiger partial charge on any atom is -0.367 e. The first-order valence-electron chi connectivity index (χ1n) is 6.33. The van der Waals surface area contributed by atoms with E-state index in [4.69, 9.17) is 5.26 Å². The summed E-state index contributed by atoms with van der Waals surface area (Å²) in [6, 6.07) is 5.74. The summed E-state index contributed by atoms with van der Waals surface area (Å²) in [7, 11) is 0. The molecule has 1 saturated heterocycles. The zero-order chi connectivity index (χ0) is 14.0. The molecule has 0 aromatic carbocycles. The van der Waals surface area contributed by atoms with Gasteiger partial charge in [0, 0.05) is 24.8 Å². The second kappa shape index (κ2) is 4.88. The van der Waals surface area contributed by atoms with Crippen LogP contribution >= 0.6 is 0 Å². The van der Waals surface area contributed by atoms with Crippen LogP contribution in [0.25, 0.3) is 0 Å². The Kier molecular flexibility index (Phi) is 3.43. The molecule has 0 saturated carbocycles. The number of nitriles is 1. The maximum absolute atomic E-state index is 12.0. The van der Waals surface area contributed by atoms with E-state index in [2.05, 4.69) is 16.4 Å². The Bertz CT molecular complexity index is 521. The second-order valence-electron chi connectivity index (χ2n) is 5.82. The third kappa shape index (κ3) is 3.02. The Morgan fingerprint density at radius 1 is 1.53 bits per heavy atom. The molecule has 100 valence electrons. The largest absolute Gasteiger partial charge is 0.367 e. The molecule has 1 N–H and O–H groups in total. The molecular weight excluding hydrogens is 240 g/mol. The molecule has 0 radical (unpaired) electrons. The summed E-state index contributed by atoms with van der Waals surface area (Å²) in [5.41, 5.74) is 1.02. The lowest BCUT2D eigenvalue weighted by molar-refractivity contribution is -0.127. The van der Waals surface area contributed by atoms with Gasteiger partial charge in [0.1, 0.15) is 6.07 Å². The first-order chi connectivity index (χ1) is 8.90. The molecule has 0 unspecified atom stereocenters. The number of hydrogen-bond acceptors (Lipinski definition) is 4. The summed E-state index contributed by atoms with van der Waals surface area (Å²) >= 11 is 0. The molecule has 2 rings (SSSR count). The molecule has 0 bridgehead atoms. The molecule has 0 atom stereocenters. The molecule has 0 spiro atoms. The van der Waals surface area contributed by atoms with Crippen LogP contribution in [0.15, 0.2) is 18.3 Å². The molecule has 1 amide bonds. The van der Waals surface area contributed by atoms with E-state index in [-0.39, 0.29) is 17.4 Å². The van der Waals surface area contributed by atoms with E-state index in [0.29, 0.717) is 18.8 Å². The smallest absolute Gasteiger partial charge is 0.227 e. The highest BCUT2D eigenvalue weighted by atomic mass is 16.2. The van der Waals surface area contributed by atoms with Crippen LogP contribution in [0.1, 0.15) is 26.5 Å². The molecule has 0 aliphatic carbocycles. The lowest BCUT2D eigenvalue weighted by atomic mass is 9.96. The molecule has 1 fully saturated rings. The van der Waals surface area contributed by atoms with Crippen molar-refractivity contribution in [2.45, 2.75) is 26.3 Å². The van der Waals surface area contributed by atoms with Crippen molar-refractivity contribution in [1.29, 1.82) is 5.26 Å². The van der Waals surface area contributed by atoms with Gasteiger partial charge in [-0.05, 0) is 32.9 Å². The van der Waals surface area contributed by atoms with Crippen molar-refractivity contribution < 1.29 is 4.79 Å². The number of hydrogen-bond donors (Lipinski definition) is 1. The lowest BCUT2D eigenvalue weighted by Gasteiger charge is -2.41. The average molecular weight is 258 g/mol. The summed E-state index contributed by atoms with van der Waals surface area (Å²) in [4.78, 5) is 18.0.